The first kappa shape index (κ1) is 26.3. The van der Waals surface area contributed by atoms with E-state index >= 15 is 0 Å². The van der Waals surface area contributed by atoms with E-state index in [1.165, 1.54) is 0 Å². The van der Waals surface area contributed by atoms with Crippen molar-refractivity contribution < 1.29 is 22.7 Å². The number of amides is 1. The molecule has 1 heterocycles. The van der Waals surface area contributed by atoms with Gasteiger partial charge in [-0.3, -0.25) is 4.79 Å². The molecule has 0 saturated carbocycles. The summed E-state index contributed by atoms with van der Waals surface area (Å²) in [4.78, 5) is 16.6. The highest BCUT2D eigenvalue weighted by Crippen LogP contribution is 2.25. The summed E-state index contributed by atoms with van der Waals surface area (Å²) in [6.07, 6.45) is 0.710. The van der Waals surface area contributed by atoms with Gasteiger partial charge in [0.1, 0.15) is 11.5 Å². The zero-order chi connectivity index (χ0) is 21.3. The van der Waals surface area contributed by atoms with Crippen LogP contribution in [0, 0.1) is 0 Å². The Labute approximate surface area is 195 Å². The third-order valence-corrected chi connectivity index (χ3v) is 6.26. The minimum absolute atomic E-state index is 0. The molecule has 1 saturated heterocycles. The summed E-state index contributed by atoms with van der Waals surface area (Å²) in [5.74, 6) is 1.98. The summed E-state index contributed by atoms with van der Waals surface area (Å²) in [7, 11) is 0.192. The molecular weight excluding hydrogens is 523 g/mol. The zero-order valence-corrected chi connectivity index (χ0v) is 20.7. The van der Waals surface area contributed by atoms with E-state index in [2.05, 4.69) is 20.9 Å². The largest absolute Gasteiger partial charge is 0.497 e. The van der Waals surface area contributed by atoms with Crippen molar-refractivity contribution in [1.29, 1.82) is 0 Å². The molecule has 1 unspecified atom stereocenters. The number of halogens is 1. The summed E-state index contributed by atoms with van der Waals surface area (Å²) in [5, 5.41) is 9.03. The molecule has 0 spiro atoms. The van der Waals surface area contributed by atoms with Crippen molar-refractivity contribution in [3.8, 4) is 11.5 Å². The molecule has 1 amide bonds. The SMILES string of the molecule is CCNC(=NCc1ccc(OC)cc1OC)NCCC(=O)NC1CCS(=O)(=O)C1.I. The Hall–Kier alpha value is -1.76. The van der Waals surface area contributed by atoms with Crippen LogP contribution in [-0.4, -0.2) is 65.1 Å². The van der Waals surface area contributed by atoms with Crippen molar-refractivity contribution in [1.82, 2.24) is 16.0 Å². The number of hydrogen-bond acceptors (Lipinski definition) is 6. The van der Waals surface area contributed by atoms with Crippen LogP contribution in [0.25, 0.3) is 0 Å². The smallest absolute Gasteiger partial charge is 0.222 e. The predicted octanol–water partition coefficient (Wildman–Crippen LogP) is 1.07. The molecule has 1 fully saturated rings. The Morgan fingerprint density at radius 1 is 1.23 bits per heavy atom. The Morgan fingerprint density at radius 2 is 2.00 bits per heavy atom. The number of benzene rings is 1. The number of hydrogen-bond donors (Lipinski definition) is 3. The number of rotatable bonds is 9. The van der Waals surface area contributed by atoms with E-state index in [4.69, 9.17) is 9.47 Å². The first-order valence-corrected chi connectivity index (χ1v) is 11.4. The lowest BCUT2D eigenvalue weighted by molar-refractivity contribution is -0.121. The maximum Gasteiger partial charge on any atom is 0.222 e. The third kappa shape index (κ3) is 8.54. The maximum absolute atomic E-state index is 12.0. The number of ether oxygens (including phenoxy) is 2. The van der Waals surface area contributed by atoms with Gasteiger partial charge < -0.3 is 25.4 Å². The number of carbonyl (C=O) groups excluding carboxylic acids is 1. The highest BCUT2D eigenvalue weighted by Gasteiger charge is 2.28. The van der Waals surface area contributed by atoms with E-state index in [-0.39, 0.29) is 53.9 Å². The lowest BCUT2D eigenvalue weighted by atomic mass is 10.2. The van der Waals surface area contributed by atoms with Crippen molar-refractivity contribution in [2.24, 2.45) is 4.99 Å². The van der Waals surface area contributed by atoms with Crippen LogP contribution in [-0.2, 0) is 21.2 Å². The van der Waals surface area contributed by atoms with Gasteiger partial charge in [0.05, 0.1) is 32.3 Å². The van der Waals surface area contributed by atoms with Crippen LogP contribution in [0.5, 0.6) is 11.5 Å². The highest BCUT2D eigenvalue weighted by molar-refractivity contribution is 14.0. The Morgan fingerprint density at radius 3 is 2.60 bits per heavy atom. The minimum atomic E-state index is -3.00. The molecule has 2 rings (SSSR count). The average Bonchev–Trinajstić information content (AvgIpc) is 3.03. The maximum atomic E-state index is 12.0. The Balaban J connectivity index is 0.00000450. The fraction of sp³-hybridized carbons (Fsp3) is 0.579. The van der Waals surface area contributed by atoms with Gasteiger partial charge in [0.2, 0.25) is 5.91 Å². The van der Waals surface area contributed by atoms with Crippen molar-refractivity contribution in [2.45, 2.75) is 32.4 Å². The normalized spacial score (nSPS) is 17.6. The van der Waals surface area contributed by atoms with Crippen LogP contribution < -0.4 is 25.4 Å². The second kappa shape index (κ2) is 12.8. The van der Waals surface area contributed by atoms with Gasteiger partial charge in [-0.05, 0) is 25.5 Å². The molecule has 9 nitrogen and oxygen atoms in total. The number of sulfone groups is 1. The van der Waals surface area contributed by atoms with Crippen molar-refractivity contribution in [2.75, 3.05) is 38.8 Å². The van der Waals surface area contributed by atoms with Gasteiger partial charge in [-0.2, -0.15) is 0 Å². The fourth-order valence-corrected chi connectivity index (χ4v) is 4.66. The summed E-state index contributed by atoms with van der Waals surface area (Å²) >= 11 is 0. The van der Waals surface area contributed by atoms with Crippen LogP contribution >= 0.6 is 24.0 Å². The number of aliphatic imine (C=N–C) groups is 1. The fourth-order valence-electron chi connectivity index (χ4n) is 2.99. The topological polar surface area (TPSA) is 118 Å². The summed E-state index contributed by atoms with van der Waals surface area (Å²) in [5.41, 5.74) is 0.908. The first-order chi connectivity index (χ1) is 13.9. The number of nitrogens with one attached hydrogen (secondary N) is 3. The van der Waals surface area contributed by atoms with Gasteiger partial charge in [0.15, 0.2) is 15.8 Å². The minimum Gasteiger partial charge on any atom is -0.497 e. The van der Waals surface area contributed by atoms with Crippen LogP contribution in [0.2, 0.25) is 0 Å². The molecule has 11 heteroatoms. The Bertz CT molecular complexity index is 832. The molecule has 0 aliphatic carbocycles. The van der Waals surface area contributed by atoms with Crippen molar-refractivity contribution >= 4 is 45.7 Å². The number of guanidine groups is 1. The van der Waals surface area contributed by atoms with Crippen molar-refractivity contribution in [3.05, 3.63) is 23.8 Å². The predicted molar refractivity (Wildman–Crippen MR) is 128 cm³/mol. The van der Waals surface area contributed by atoms with Crippen molar-refractivity contribution in [3.63, 3.8) is 0 Å². The second-order valence-electron chi connectivity index (χ2n) is 6.72. The standard InChI is InChI=1S/C19H30N4O5S.HI/c1-4-20-19(22-12-14-5-6-16(27-2)11-17(14)28-3)21-9-7-18(24)23-15-8-10-29(25,26)13-15;/h5-6,11,15H,4,7-10,12-13H2,1-3H3,(H,23,24)(H2,20,21,22);1H. The van der Waals surface area contributed by atoms with E-state index in [0.29, 0.717) is 43.5 Å². The monoisotopic (exact) mass is 554 g/mol. The molecular formula is C19H31IN4O5S. The highest BCUT2D eigenvalue weighted by atomic mass is 127. The molecule has 30 heavy (non-hydrogen) atoms. The van der Waals surface area contributed by atoms with E-state index in [1.807, 2.05) is 19.1 Å². The van der Waals surface area contributed by atoms with Gasteiger partial charge in [0.25, 0.3) is 0 Å². The molecule has 1 aromatic rings. The Kier molecular flexibility index (Phi) is 11.2. The van der Waals surface area contributed by atoms with Gasteiger partial charge in [-0.15, -0.1) is 24.0 Å². The van der Waals surface area contributed by atoms with E-state index in [9.17, 15) is 13.2 Å². The van der Waals surface area contributed by atoms with E-state index in [1.54, 1.807) is 20.3 Å². The van der Waals surface area contributed by atoms with Crippen LogP contribution in [0.3, 0.4) is 0 Å². The summed E-state index contributed by atoms with van der Waals surface area (Å²) < 4.78 is 33.5. The molecule has 1 atom stereocenters. The molecule has 3 N–H and O–H groups in total. The van der Waals surface area contributed by atoms with Gasteiger partial charge in [-0.25, -0.2) is 13.4 Å². The number of nitrogens with zero attached hydrogens (tertiary/aromatic N) is 1. The number of methoxy groups -OCH3 is 2. The molecule has 0 bridgehead atoms. The molecule has 1 aliphatic rings. The first-order valence-electron chi connectivity index (χ1n) is 9.59. The molecule has 170 valence electrons. The average molecular weight is 554 g/mol. The van der Waals surface area contributed by atoms with Crippen LogP contribution in [0.15, 0.2) is 23.2 Å². The molecule has 1 aromatic carbocycles. The quantitative estimate of drug-likeness (QED) is 0.238. The second-order valence-corrected chi connectivity index (χ2v) is 8.95. The summed E-state index contributed by atoms with van der Waals surface area (Å²) in [6.45, 7) is 3.42. The van der Waals surface area contributed by atoms with Crippen LogP contribution in [0.4, 0.5) is 0 Å². The lowest BCUT2D eigenvalue weighted by Crippen LogP contribution is -2.41. The summed E-state index contributed by atoms with van der Waals surface area (Å²) in [6, 6.07) is 5.27. The van der Waals surface area contributed by atoms with Gasteiger partial charge in [-0.1, -0.05) is 0 Å². The zero-order valence-electron chi connectivity index (χ0n) is 17.6. The van der Waals surface area contributed by atoms with Crippen LogP contribution in [0.1, 0.15) is 25.3 Å². The van der Waals surface area contributed by atoms with Gasteiger partial charge in [0, 0.05) is 37.2 Å². The molecule has 0 radical (unpaired) electrons. The molecule has 0 aromatic heterocycles. The van der Waals surface area contributed by atoms with E-state index in [0.717, 1.165) is 5.56 Å². The third-order valence-electron chi connectivity index (χ3n) is 4.49. The molecule has 1 aliphatic heterocycles. The lowest BCUT2D eigenvalue weighted by Gasteiger charge is -2.14. The van der Waals surface area contributed by atoms with E-state index < -0.39 is 9.84 Å². The van der Waals surface area contributed by atoms with Gasteiger partial charge >= 0.3 is 0 Å². The number of carbonyl (C=O) groups is 1.